The average molecular weight is 167 g/mol. The summed E-state index contributed by atoms with van der Waals surface area (Å²) in [7, 11) is 0. The Bertz CT molecular complexity index is 213. The summed E-state index contributed by atoms with van der Waals surface area (Å²) in [6.07, 6.45) is 0.910. The molecule has 1 aromatic heterocycles. The number of nitrogens with zero attached hydrogens (tertiary/aromatic N) is 2. The standard InChI is InChI=1S/C7H11N3.C2H6/c1-3-6-4-7(8)10-5(2)9-6;1-2/h4H,3H2,1-2H3,(H2,8,9,10);1-2H3. The second-order valence-electron chi connectivity index (χ2n) is 2.18. The van der Waals surface area contributed by atoms with Gasteiger partial charge >= 0.3 is 0 Å². The highest BCUT2D eigenvalue weighted by Crippen LogP contribution is 2.01. The fourth-order valence-electron chi connectivity index (χ4n) is 0.836. The second-order valence-corrected chi connectivity index (χ2v) is 2.18. The lowest BCUT2D eigenvalue weighted by atomic mass is 10.3. The van der Waals surface area contributed by atoms with Crippen LogP contribution in [0.25, 0.3) is 0 Å². The van der Waals surface area contributed by atoms with E-state index in [2.05, 4.69) is 9.97 Å². The summed E-state index contributed by atoms with van der Waals surface area (Å²) in [4.78, 5) is 8.11. The molecule has 0 saturated carbocycles. The molecule has 0 aliphatic rings. The summed E-state index contributed by atoms with van der Waals surface area (Å²) in [6, 6.07) is 1.80. The zero-order valence-electron chi connectivity index (χ0n) is 8.26. The Morgan fingerprint density at radius 1 is 1.33 bits per heavy atom. The number of aryl methyl sites for hydroxylation is 2. The first kappa shape index (κ1) is 10.9. The lowest BCUT2D eigenvalue weighted by molar-refractivity contribution is 0.955. The summed E-state index contributed by atoms with van der Waals surface area (Å²) in [5, 5.41) is 0. The van der Waals surface area contributed by atoms with Crippen LogP contribution >= 0.6 is 0 Å². The molecule has 0 atom stereocenters. The van der Waals surface area contributed by atoms with Crippen LogP contribution in [0.2, 0.25) is 0 Å². The van der Waals surface area contributed by atoms with E-state index in [-0.39, 0.29) is 0 Å². The fraction of sp³-hybridized carbons (Fsp3) is 0.556. The fourth-order valence-corrected chi connectivity index (χ4v) is 0.836. The lowest BCUT2D eigenvalue weighted by Crippen LogP contribution is -1.98. The summed E-state index contributed by atoms with van der Waals surface area (Å²) in [6.45, 7) is 7.89. The van der Waals surface area contributed by atoms with Crippen molar-refractivity contribution in [3.05, 3.63) is 17.6 Å². The maximum Gasteiger partial charge on any atom is 0.127 e. The maximum absolute atomic E-state index is 5.48. The molecule has 0 aliphatic carbocycles. The van der Waals surface area contributed by atoms with Gasteiger partial charge in [-0.05, 0) is 13.3 Å². The SMILES string of the molecule is CC.CCc1cc(N)nc(C)n1. The van der Waals surface area contributed by atoms with Crippen molar-refractivity contribution in [1.82, 2.24) is 9.97 Å². The van der Waals surface area contributed by atoms with Gasteiger partial charge in [0, 0.05) is 11.8 Å². The minimum atomic E-state index is 0.560. The van der Waals surface area contributed by atoms with Crippen LogP contribution in [0.1, 0.15) is 32.3 Å². The molecule has 0 amide bonds. The molecule has 0 aromatic carbocycles. The molecule has 1 aromatic rings. The highest BCUT2D eigenvalue weighted by atomic mass is 14.9. The van der Waals surface area contributed by atoms with Crippen LogP contribution in [0.5, 0.6) is 0 Å². The number of aromatic nitrogens is 2. The van der Waals surface area contributed by atoms with Gasteiger partial charge in [0.2, 0.25) is 0 Å². The highest BCUT2D eigenvalue weighted by Gasteiger charge is 1.94. The predicted molar refractivity (Wildman–Crippen MR) is 51.9 cm³/mol. The molecule has 0 unspecified atom stereocenters. The largest absolute Gasteiger partial charge is 0.384 e. The van der Waals surface area contributed by atoms with Gasteiger partial charge in [-0.1, -0.05) is 20.8 Å². The van der Waals surface area contributed by atoms with Crippen LogP contribution in [-0.2, 0) is 6.42 Å². The average Bonchev–Trinajstić information content (AvgIpc) is 2.06. The molecule has 3 heteroatoms. The van der Waals surface area contributed by atoms with Crippen LogP contribution in [0.4, 0.5) is 5.82 Å². The smallest absolute Gasteiger partial charge is 0.127 e. The molecule has 0 bridgehead atoms. The van der Waals surface area contributed by atoms with E-state index in [1.54, 1.807) is 6.07 Å². The van der Waals surface area contributed by atoms with Gasteiger partial charge in [-0.25, -0.2) is 9.97 Å². The maximum atomic E-state index is 5.48. The van der Waals surface area contributed by atoms with Gasteiger partial charge < -0.3 is 5.73 Å². The number of anilines is 1. The first-order valence-corrected chi connectivity index (χ1v) is 4.32. The summed E-state index contributed by atoms with van der Waals surface area (Å²) < 4.78 is 0. The molecule has 1 heterocycles. The molecule has 0 saturated heterocycles. The number of nitrogen functional groups attached to an aromatic ring is 1. The van der Waals surface area contributed by atoms with Gasteiger partial charge in [0.15, 0.2) is 0 Å². The normalized spacial score (nSPS) is 8.67. The van der Waals surface area contributed by atoms with Crippen molar-refractivity contribution in [2.75, 3.05) is 5.73 Å². The number of nitrogens with two attached hydrogens (primary N) is 1. The quantitative estimate of drug-likeness (QED) is 0.695. The van der Waals surface area contributed by atoms with Crippen molar-refractivity contribution in [3.8, 4) is 0 Å². The predicted octanol–water partition coefficient (Wildman–Crippen LogP) is 1.96. The van der Waals surface area contributed by atoms with E-state index in [0.717, 1.165) is 17.9 Å². The third-order valence-corrected chi connectivity index (χ3v) is 1.27. The Hall–Kier alpha value is -1.12. The van der Waals surface area contributed by atoms with Gasteiger partial charge in [-0.2, -0.15) is 0 Å². The Morgan fingerprint density at radius 2 is 1.92 bits per heavy atom. The zero-order chi connectivity index (χ0) is 9.56. The third kappa shape index (κ3) is 3.32. The summed E-state index contributed by atoms with van der Waals surface area (Å²) in [5.41, 5.74) is 6.49. The molecular weight excluding hydrogens is 150 g/mol. The topological polar surface area (TPSA) is 51.8 Å². The van der Waals surface area contributed by atoms with Crippen molar-refractivity contribution in [1.29, 1.82) is 0 Å². The Kier molecular flexibility index (Phi) is 5.00. The van der Waals surface area contributed by atoms with E-state index in [0.29, 0.717) is 5.82 Å². The number of hydrogen-bond acceptors (Lipinski definition) is 3. The van der Waals surface area contributed by atoms with Crippen molar-refractivity contribution >= 4 is 5.82 Å². The third-order valence-electron chi connectivity index (χ3n) is 1.27. The summed E-state index contributed by atoms with van der Waals surface area (Å²) >= 11 is 0. The molecule has 68 valence electrons. The lowest BCUT2D eigenvalue weighted by Gasteiger charge is -1.98. The Labute approximate surface area is 74.0 Å². The minimum Gasteiger partial charge on any atom is -0.384 e. The zero-order valence-corrected chi connectivity index (χ0v) is 8.26. The van der Waals surface area contributed by atoms with E-state index in [9.17, 15) is 0 Å². The number of hydrogen-bond donors (Lipinski definition) is 1. The molecule has 2 N–H and O–H groups in total. The first-order chi connectivity index (χ1) is 5.72. The van der Waals surface area contributed by atoms with Gasteiger partial charge in [0.1, 0.15) is 11.6 Å². The molecule has 3 nitrogen and oxygen atoms in total. The van der Waals surface area contributed by atoms with Gasteiger partial charge in [-0.15, -0.1) is 0 Å². The van der Waals surface area contributed by atoms with Crippen molar-refractivity contribution in [2.45, 2.75) is 34.1 Å². The minimum absolute atomic E-state index is 0.560. The number of rotatable bonds is 1. The van der Waals surface area contributed by atoms with Gasteiger partial charge in [-0.3, -0.25) is 0 Å². The highest BCUT2D eigenvalue weighted by molar-refractivity contribution is 5.29. The van der Waals surface area contributed by atoms with E-state index in [4.69, 9.17) is 5.73 Å². The van der Waals surface area contributed by atoms with Crippen LogP contribution < -0.4 is 5.73 Å². The van der Waals surface area contributed by atoms with Crippen LogP contribution in [0.3, 0.4) is 0 Å². The van der Waals surface area contributed by atoms with Crippen LogP contribution in [0, 0.1) is 6.92 Å². The first-order valence-electron chi connectivity index (χ1n) is 4.32. The molecule has 0 fully saturated rings. The molecule has 1 rings (SSSR count). The molecular formula is C9H17N3. The molecule has 0 aliphatic heterocycles. The van der Waals surface area contributed by atoms with Crippen molar-refractivity contribution in [2.24, 2.45) is 0 Å². The van der Waals surface area contributed by atoms with E-state index < -0.39 is 0 Å². The van der Waals surface area contributed by atoms with Crippen molar-refractivity contribution < 1.29 is 0 Å². The second kappa shape index (κ2) is 5.52. The van der Waals surface area contributed by atoms with Crippen molar-refractivity contribution in [3.63, 3.8) is 0 Å². The van der Waals surface area contributed by atoms with Crippen LogP contribution in [-0.4, -0.2) is 9.97 Å². The molecule has 0 spiro atoms. The monoisotopic (exact) mass is 167 g/mol. The van der Waals surface area contributed by atoms with Gasteiger partial charge in [0.05, 0.1) is 0 Å². The Balaban J connectivity index is 0.000000561. The summed E-state index contributed by atoms with van der Waals surface area (Å²) in [5.74, 6) is 1.31. The molecule has 0 radical (unpaired) electrons. The van der Waals surface area contributed by atoms with E-state index in [1.165, 1.54) is 0 Å². The van der Waals surface area contributed by atoms with Crippen LogP contribution in [0.15, 0.2) is 6.07 Å². The van der Waals surface area contributed by atoms with E-state index in [1.807, 2.05) is 27.7 Å². The molecule has 12 heavy (non-hydrogen) atoms. The Morgan fingerprint density at radius 3 is 2.33 bits per heavy atom. The van der Waals surface area contributed by atoms with E-state index >= 15 is 0 Å². The van der Waals surface area contributed by atoms with Gasteiger partial charge in [0.25, 0.3) is 0 Å².